The second kappa shape index (κ2) is 22.3. The number of ether oxygens (including phenoxy) is 10. The van der Waals surface area contributed by atoms with Crippen LogP contribution in [0.4, 0.5) is 0 Å². The van der Waals surface area contributed by atoms with Crippen LogP contribution in [0.2, 0.25) is 0 Å². The first kappa shape index (κ1) is 56.2. The predicted molar refractivity (Wildman–Crippen MR) is 191 cm³/mol. The molecule has 3 fully saturated rings. The van der Waals surface area contributed by atoms with Crippen molar-refractivity contribution >= 4 is 62.1 Å². The zero-order valence-corrected chi connectivity index (χ0v) is 37.5. The summed E-state index contributed by atoms with van der Waals surface area (Å²) in [4.78, 5) is 0. The Morgan fingerprint density at radius 2 is 0.746 bits per heavy atom. The van der Waals surface area contributed by atoms with Gasteiger partial charge in [0.15, 0.2) is 24.8 Å². The van der Waals surface area contributed by atoms with Crippen molar-refractivity contribution < 1.29 is 146 Å². The van der Waals surface area contributed by atoms with Crippen LogP contribution in [0.15, 0.2) is 0 Å². The molecule has 0 aliphatic carbocycles. The van der Waals surface area contributed by atoms with Crippen molar-refractivity contribution in [1.82, 2.24) is 0 Å². The minimum atomic E-state index is -5.71. The topological polar surface area (TPSA) is 465 Å². The molecule has 374 valence electrons. The molecule has 0 aromatic rings. The van der Waals surface area contributed by atoms with Gasteiger partial charge in [0, 0.05) is 41.5 Å². The van der Waals surface area contributed by atoms with Crippen LogP contribution < -0.4 is 0 Å². The van der Waals surface area contributed by atoms with E-state index in [4.69, 9.17) is 56.1 Å². The van der Waals surface area contributed by atoms with Crippen molar-refractivity contribution in [1.29, 1.82) is 0 Å². The van der Waals surface area contributed by atoms with E-state index in [0.29, 0.717) is 0 Å². The third-order valence-corrected chi connectivity index (χ3v) is 12.0. The van der Waals surface area contributed by atoms with Gasteiger partial charge >= 0.3 is 52.0 Å². The van der Waals surface area contributed by atoms with Crippen molar-refractivity contribution in [3.05, 3.63) is 0 Å². The molecule has 0 aromatic heterocycles. The highest BCUT2D eigenvalue weighted by atomic mass is 32.3. The Hall–Kier alpha value is -1.14. The minimum absolute atomic E-state index is 0.781. The molecule has 0 aromatic carbocycles. The Morgan fingerprint density at radius 3 is 1.14 bits per heavy atom. The summed E-state index contributed by atoms with van der Waals surface area (Å²) in [5.41, 5.74) is 0. The first-order chi connectivity index (χ1) is 28.7. The number of methoxy groups -OCH3 is 5. The van der Waals surface area contributed by atoms with E-state index < -0.39 is 180 Å². The Morgan fingerprint density at radius 1 is 0.381 bits per heavy atom. The van der Waals surface area contributed by atoms with Crippen LogP contribution in [0.25, 0.3) is 0 Å². The normalized spacial score (nSPS) is 35.4. The molecule has 39 heteroatoms. The second-order valence-electron chi connectivity index (χ2n) is 12.9. The van der Waals surface area contributed by atoms with Crippen molar-refractivity contribution in [2.45, 2.75) is 86.0 Å². The molecule has 6 N–H and O–H groups in total. The maximum absolute atomic E-state index is 12.0. The fourth-order valence-corrected chi connectivity index (χ4v) is 9.77. The van der Waals surface area contributed by atoms with Gasteiger partial charge in [0.05, 0.1) is 37.8 Å². The molecule has 33 nitrogen and oxygen atoms in total. The van der Waals surface area contributed by atoms with E-state index in [9.17, 15) is 73.3 Å². The number of hydrogen-bond acceptors (Lipinski definition) is 27. The lowest BCUT2D eigenvalue weighted by Crippen LogP contribution is -2.64. The van der Waals surface area contributed by atoms with Gasteiger partial charge < -0.3 is 47.4 Å². The molecule has 0 bridgehead atoms. The molecular weight excluding hydrogens is 1010 g/mol. The zero-order valence-electron chi connectivity index (χ0n) is 32.6. The molecule has 0 amide bonds. The van der Waals surface area contributed by atoms with Gasteiger partial charge in [-0.2, -0.15) is 50.5 Å². The molecule has 3 rings (SSSR count). The van der Waals surface area contributed by atoms with Crippen LogP contribution in [-0.2, 0) is 130 Å². The Balaban J connectivity index is 2.03. The van der Waals surface area contributed by atoms with Gasteiger partial charge in [-0.25, -0.2) is 20.9 Å². The molecule has 3 heterocycles. The van der Waals surface area contributed by atoms with Crippen LogP contribution in [0, 0.1) is 5.92 Å². The van der Waals surface area contributed by atoms with E-state index in [1.165, 1.54) is 0 Å². The van der Waals surface area contributed by atoms with Gasteiger partial charge in [0.2, 0.25) is 6.29 Å². The first-order valence-corrected chi connectivity index (χ1v) is 25.2. The lowest BCUT2D eigenvalue weighted by Gasteiger charge is -2.47. The average Bonchev–Trinajstić information content (AvgIpc) is 3.10. The highest BCUT2D eigenvalue weighted by Gasteiger charge is 2.56. The maximum Gasteiger partial charge on any atom is 0.399 e. The lowest BCUT2D eigenvalue weighted by molar-refractivity contribution is -0.338. The fourth-order valence-electron chi connectivity index (χ4n) is 6.72. The van der Waals surface area contributed by atoms with E-state index in [1.807, 2.05) is 0 Å². The van der Waals surface area contributed by atoms with Crippen LogP contribution in [0.1, 0.15) is 0 Å². The summed E-state index contributed by atoms with van der Waals surface area (Å²) < 4.78 is 275. The molecule has 15 atom stereocenters. The van der Waals surface area contributed by atoms with Crippen molar-refractivity contribution in [3.8, 4) is 0 Å². The summed E-state index contributed by atoms with van der Waals surface area (Å²) in [7, 11) is -27.6. The highest BCUT2D eigenvalue weighted by Crippen LogP contribution is 2.36. The van der Waals surface area contributed by atoms with Gasteiger partial charge in [-0.1, -0.05) is 0 Å². The highest BCUT2D eigenvalue weighted by molar-refractivity contribution is 7.85. The van der Waals surface area contributed by atoms with Crippen molar-refractivity contribution in [2.24, 2.45) is 5.92 Å². The first-order valence-electron chi connectivity index (χ1n) is 16.8. The molecule has 1 unspecified atom stereocenters. The summed E-state index contributed by atoms with van der Waals surface area (Å²) in [6.45, 7) is -3.02. The number of rotatable bonds is 24. The second-order valence-corrected chi connectivity index (χ2v) is 19.7. The lowest BCUT2D eigenvalue weighted by atomic mass is 9.90. The zero-order chi connectivity index (χ0) is 48.1. The van der Waals surface area contributed by atoms with E-state index >= 15 is 0 Å². The summed E-state index contributed by atoms with van der Waals surface area (Å²) >= 11 is 0. The molecule has 63 heavy (non-hydrogen) atoms. The van der Waals surface area contributed by atoms with Crippen LogP contribution >= 0.6 is 0 Å². The van der Waals surface area contributed by atoms with Gasteiger partial charge in [-0.3, -0.25) is 27.3 Å². The molecule has 0 saturated carbocycles. The predicted octanol–water partition coefficient (Wildman–Crippen LogP) is -5.02. The summed E-state index contributed by atoms with van der Waals surface area (Å²) in [5.74, 6) is -2.58. The molecule has 0 spiro atoms. The maximum atomic E-state index is 12.0. The van der Waals surface area contributed by atoms with Crippen LogP contribution in [0.5, 0.6) is 0 Å². The molecule has 3 saturated heterocycles. The Labute approximate surface area is 360 Å². The van der Waals surface area contributed by atoms with E-state index in [1.54, 1.807) is 0 Å². The fraction of sp³-hybridized carbons (Fsp3) is 1.00. The van der Waals surface area contributed by atoms with Crippen molar-refractivity contribution in [2.75, 3.05) is 61.1 Å². The third-order valence-electron chi connectivity index (χ3n) is 8.89. The summed E-state index contributed by atoms with van der Waals surface area (Å²) in [6, 6.07) is 0. The standard InChI is InChI=1S/C24H44O33S6/c1-43-14-10(9-58(25,26)27)11(8-50-59(28,29)30)51-22(19(14)47-5)48-6-12-15(44-2)17(46-4)20(55-61(34,35)36)23(52-12)49-7-13-16(45-3)18(54-60(31,32)33)21(56-62(37,38)39)24(53-13)57-63(40,41)42/h10-24H,6-9H2,1-5H3,(H,25,26,27)(H,28,29,30)(H,31,32,33)(H,34,35,36)(H,37,38,39)(H,40,41,42)/t10-,11-,12-,13-,14+,15-,16-,17+,18+,19-,20-,21-,22+,23+,24?/m1/s1. The molecule has 3 aliphatic heterocycles. The quantitative estimate of drug-likeness (QED) is 0.0493. The van der Waals surface area contributed by atoms with Gasteiger partial charge in [0.1, 0.15) is 42.7 Å². The smallest absolute Gasteiger partial charge is 0.378 e. The van der Waals surface area contributed by atoms with Crippen LogP contribution in [0.3, 0.4) is 0 Å². The van der Waals surface area contributed by atoms with Gasteiger partial charge in [0.25, 0.3) is 10.1 Å². The molecule has 0 radical (unpaired) electrons. The summed E-state index contributed by atoms with van der Waals surface area (Å²) in [5, 5.41) is 0. The van der Waals surface area contributed by atoms with Crippen molar-refractivity contribution in [3.63, 3.8) is 0 Å². The summed E-state index contributed by atoms with van der Waals surface area (Å²) in [6.07, 6.45) is -27.5. The Kier molecular flexibility index (Phi) is 19.9. The molecule has 3 aliphatic rings. The average molecular weight is 1050 g/mol. The van der Waals surface area contributed by atoms with E-state index in [0.717, 1.165) is 35.5 Å². The minimum Gasteiger partial charge on any atom is -0.378 e. The SMILES string of the molecule is CO[C@@H]1[C@@H](OS(=O)(=O)O)[C@@H](OC[C@H]2OC(OS(=O)(=O)O)[C@H](OS(=O)(=O)O)[C@@H](OS(=O)(=O)O)[C@@H]2OC)O[C@H](CO[C@H]2O[C@H](COS(=O)(=O)O)[C@@H](CS(=O)(=O)O)[C@H](OC)[C@H]2OC)[C@H]1OC. The van der Waals surface area contributed by atoms with E-state index in [-0.39, 0.29) is 0 Å². The largest absolute Gasteiger partial charge is 0.399 e. The Bertz CT molecular complexity index is 2170. The van der Waals surface area contributed by atoms with Crippen LogP contribution in [-0.4, -0.2) is 225 Å². The third kappa shape index (κ3) is 17.5. The van der Waals surface area contributed by atoms with Gasteiger partial charge in [-0.15, -0.1) is 0 Å². The monoisotopic (exact) mass is 1050 g/mol. The van der Waals surface area contributed by atoms with Gasteiger partial charge in [-0.05, 0) is 0 Å². The molecular formula is C24H44O33S6. The van der Waals surface area contributed by atoms with E-state index in [2.05, 4.69) is 16.7 Å². The number of hydrogen-bond donors (Lipinski definition) is 6.